The van der Waals surface area contributed by atoms with E-state index < -0.39 is 0 Å². The average molecular weight is 304 g/mol. The summed E-state index contributed by atoms with van der Waals surface area (Å²) in [5.74, 6) is 0. The maximum absolute atomic E-state index is 2.21. The second kappa shape index (κ2) is 10.8. The number of hydrogen-bond donors (Lipinski definition) is 0. The van der Waals surface area contributed by atoms with Crippen molar-refractivity contribution in [2.45, 2.75) is 34.1 Å². The summed E-state index contributed by atoms with van der Waals surface area (Å²) in [5, 5.41) is 0. The molecule has 0 N–H and O–H groups in total. The quantitative estimate of drug-likeness (QED) is 0.388. The Labute approximate surface area is 106 Å². The average Bonchev–Trinajstić information content (AvgIpc) is 2.01. The third kappa shape index (κ3) is 14.2. The van der Waals surface area contributed by atoms with Crippen LogP contribution >= 0.6 is 24.0 Å². The monoisotopic (exact) mass is 304 g/mol. The molecular weight excluding hydrogens is 283 g/mol. The second-order valence-electron chi connectivity index (χ2n) is 3.57. The molecule has 0 aliphatic carbocycles. The minimum absolute atomic E-state index is 0. The molecule has 0 aliphatic rings. The van der Waals surface area contributed by atoms with E-state index in [0.29, 0.717) is 0 Å². The first-order valence-electron chi connectivity index (χ1n) is 4.73. The van der Waals surface area contributed by atoms with Gasteiger partial charge >= 0.3 is 0 Å². The third-order valence-electron chi connectivity index (χ3n) is 1.45. The molecule has 0 rings (SSSR count). The molecular formula is C13H21I. The van der Waals surface area contributed by atoms with Gasteiger partial charge in [-0.1, -0.05) is 47.6 Å². The van der Waals surface area contributed by atoms with Gasteiger partial charge in [0.25, 0.3) is 0 Å². The van der Waals surface area contributed by atoms with Crippen LogP contribution in [-0.4, -0.2) is 0 Å². The fraction of sp³-hybridized carbons (Fsp3) is 0.385. The van der Waals surface area contributed by atoms with Crippen molar-refractivity contribution in [2.75, 3.05) is 0 Å². The SMILES string of the molecule is CC(C)=CC=CC=CCC=C(C)C.I. The molecule has 14 heavy (non-hydrogen) atoms. The maximum atomic E-state index is 2.21. The zero-order valence-electron chi connectivity index (χ0n) is 9.58. The van der Waals surface area contributed by atoms with Gasteiger partial charge in [-0.05, 0) is 34.1 Å². The van der Waals surface area contributed by atoms with Crippen molar-refractivity contribution in [3.05, 3.63) is 47.6 Å². The summed E-state index contributed by atoms with van der Waals surface area (Å²) in [4.78, 5) is 0. The van der Waals surface area contributed by atoms with Gasteiger partial charge in [-0.25, -0.2) is 0 Å². The fourth-order valence-electron chi connectivity index (χ4n) is 0.773. The highest BCUT2D eigenvalue weighted by Crippen LogP contribution is 1.94. The Morgan fingerprint density at radius 1 is 0.857 bits per heavy atom. The van der Waals surface area contributed by atoms with Crippen molar-refractivity contribution in [1.29, 1.82) is 0 Å². The molecule has 0 nitrogen and oxygen atoms in total. The molecule has 0 fully saturated rings. The lowest BCUT2D eigenvalue weighted by atomic mass is 10.2. The predicted octanol–water partition coefficient (Wildman–Crippen LogP) is 5.04. The Kier molecular flexibility index (Phi) is 12.4. The van der Waals surface area contributed by atoms with Gasteiger partial charge in [0.15, 0.2) is 0 Å². The molecule has 0 aromatic rings. The summed E-state index contributed by atoms with van der Waals surface area (Å²) >= 11 is 0. The Morgan fingerprint density at radius 3 is 2.00 bits per heavy atom. The van der Waals surface area contributed by atoms with Crippen LogP contribution in [-0.2, 0) is 0 Å². The molecule has 0 unspecified atom stereocenters. The molecule has 0 aliphatic heterocycles. The highest BCUT2D eigenvalue weighted by Gasteiger charge is 1.73. The lowest BCUT2D eigenvalue weighted by molar-refractivity contribution is 1.28. The zero-order valence-corrected chi connectivity index (χ0v) is 11.9. The number of hydrogen-bond acceptors (Lipinski definition) is 0. The smallest absolute Gasteiger partial charge is 0.0164 e. The van der Waals surface area contributed by atoms with E-state index in [1.165, 1.54) is 11.1 Å². The molecule has 0 spiro atoms. The van der Waals surface area contributed by atoms with Crippen molar-refractivity contribution >= 4 is 24.0 Å². The van der Waals surface area contributed by atoms with E-state index in [1.54, 1.807) is 0 Å². The van der Waals surface area contributed by atoms with Crippen LogP contribution in [0.1, 0.15) is 34.1 Å². The van der Waals surface area contributed by atoms with E-state index in [9.17, 15) is 0 Å². The molecule has 0 atom stereocenters. The van der Waals surface area contributed by atoms with Crippen molar-refractivity contribution in [1.82, 2.24) is 0 Å². The van der Waals surface area contributed by atoms with Crippen LogP contribution in [0.3, 0.4) is 0 Å². The Bertz CT molecular complexity index is 234. The van der Waals surface area contributed by atoms with E-state index in [4.69, 9.17) is 0 Å². The highest BCUT2D eigenvalue weighted by atomic mass is 127. The van der Waals surface area contributed by atoms with Crippen LogP contribution in [0.2, 0.25) is 0 Å². The van der Waals surface area contributed by atoms with Crippen molar-refractivity contribution in [3.8, 4) is 0 Å². The van der Waals surface area contributed by atoms with Crippen LogP contribution in [0, 0.1) is 0 Å². The fourth-order valence-corrected chi connectivity index (χ4v) is 0.773. The topological polar surface area (TPSA) is 0 Å². The maximum Gasteiger partial charge on any atom is -0.0164 e. The largest absolute Gasteiger partial charge is 0.107 e. The summed E-state index contributed by atoms with van der Waals surface area (Å²) in [5.41, 5.74) is 2.70. The van der Waals surface area contributed by atoms with Crippen LogP contribution in [0.5, 0.6) is 0 Å². The summed E-state index contributed by atoms with van der Waals surface area (Å²) in [6, 6.07) is 0. The van der Waals surface area contributed by atoms with Gasteiger partial charge in [0, 0.05) is 0 Å². The summed E-state index contributed by atoms with van der Waals surface area (Å²) in [7, 11) is 0. The van der Waals surface area contributed by atoms with Gasteiger partial charge in [-0.2, -0.15) is 0 Å². The molecule has 0 aromatic heterocycles. The Morgan fingerprint density at radius 2 is 1.50 bits per heavy atom. The first kappa shape index (κ1) is 16.1. The molecule has 0 radical (unpaired) electrons. The van der Waals surface area contributed by atoms with Crippen molar-refractivity contribution < 1.29 is 0 Å². The van der Waals surface area contributed by atoms with Crippen LogP contribution in [0.25, 0.3) is 0 Å². The molecule has 80 valence electrons. The second-order valence-corrected chi connectivity index (χ2v) is 3.57. The standard InChI is InChI=1S/C13H20.HI/c1-12(2)10-8-6-5-7-9-11-13(3)4;/h5-8,10-11H,9H2,1-4H3;1H. The summed E-state index contributed by atoms with van der Waals surface area (Å²) < 4.78 is 0. The summed E-state index contributed by atoms with van der Waals surface area (Å²) in [6.45, 7) is 8.42. The number of rotatable bonds is 4. The molecule has 0 bridgehead atoms. The van der Waals surface area contributed by atoms with Gasteiger partial charge in [0.2, 0.25) is 0 Å². The summed E-state index contributed by atoms with van der Waals surface area (Å²) in [6.07, 6.45) is 13.7. The lowest BCUT2D eigenvalue weighted by Crippen LogP contribution is -1.63. The normalized spacial score (nSPS) is 10.0. The van der Waals surface area contributed by atoms with E-state index in [1.807, 2.05) is 0 Å². The van der Waals surface area contributed by atoms with Gasteiger partial charge in [-0.3, -0.25) is 0 Å². The Balaban J connectivity index is 0. The number of allylic oxidation sites excluding steroid dienone is 8. The van der Waals surface area contributed by atoms with E-state index in [2.05, 4.69) is 64.2 Å². The lowest BCUT2D eigenvalue weighted by Gasteiger charge is -1.84. The highest BCUT2D eigenvalue weighted by molar-refractivity contribution is 14.0. The first-order valence-corrected chi connectivity index (χ1v) is 4.73. The predicted molar refractivity (Wildman–Crippen MR) is 77.2 cm³/mol. The molecule has 0 aromatic carbocycles. The van der Waals surface area contributed by atoms with Crippen molar-refractivity contribution in [2.24, 2.45) is 0 Å². The van der Waals surface area contributed by atoms with E-state index >= 15 is 0 Å². The molecule has 0 saturated heterocycles. The van der Waals surface area contributed by atoms with Crippen LogP contribution < -0.4 is 0 Å². The Hall–Kier alpha value is -0.310. The van der Waals surface area contributed by atoms with Crippen LogP contribution in [0.4, 0.5) is 0 Å². The molecule has 0 heterocycles. The molecule has 0 saturated carbocycles. The van der Waals surface area contributed by atoms with Gasteiger partial charge in [-0.15, -0.1) is 24.0 Å². The van der Waals surface area contributed by atoms with E-state index in [0.717, 1.165) is 6.42 Å². The van der Waals surface area contributed by atoms with Gasteiger partial charge < -0.3 is 0 Å². The van der Waals surface area contributed by atoms with Crippen molar-refractivity contribution in [3.63, 3.8) is 0 Å². The third-order valence-corrected chi connectivity index (χ3v) is 1.45. The first-order chi connectivity index (χ1) is 6.13. The van der Waals surface area contributed by atoms with Crippen LogP contribution in [0.15, 0.2) is 47.6 Å². The molecule has 1 heteroatoms. The van der Waals surface area contributed by atoms with E-state index in [-0.39, 0.29) is 24.0 Å². The van der Waals surface area contributed by atoms with Gasteiger partial charge in [0.05, 0.1) is 0 Å². The minimum atomic E-state index is 0. The minimum Gasteiger partial charge on any atom is -0.107 e. The zero-order chi connectivity index (χ0) is 10.1. The molecule has 0 amide bonds. The number of halogens is 1. The van der Waals surface area contributed by atoms with Gasteiger partial charge in [0.1, 0.15) is 0 Å².